The van der Waals surface area contributed by atoms with Crippen LogP contribution in [-0.2, 0) is 11.2 Å². The summed E-state index contributed by atoms with van der Waals surface area (Å²) in [5.74, 6) is -0.0834. The van der Waals surface area contributed by atoms with Gasteiger partial charge in [-0.25, -0.2) is 0 Å². The summed E-state index contributed by atoms with van der Waals surface area (Å²) >= 11 is 7.68. The molecule has 0 radical (unpaired) electrons. The molecule has 0 saturated carbocycles. The van der Waals surface area contributed by atoms with Crippen LogP contribution < -0.4 is 0 Å². The predicted octanol–water partition coefficient (Wildman–Crippen LogP) is 3.93. The van der Waals surface area contributed by atoms with E-state index >= 15 is 0 Å². The van der Waals surface area contributed by atoms with E-state index in [1.807, 2.05) is 41.8 Å². The number of benzene rings is 1. The van der Waals surface area contributed by atoms with Gasteiger partial charge in [0.05, 0.1) is 5.92 Å². The van der Waals surface area contributed by atoms with E-state index < -0.39 is 0 Å². The van der Waals surface area contributed by atoms with Crippen molar-refractivity contribution in [2.45, 2.75) is 12.3 Å². The second-order valence-electron chi connectivity index (χ2n) is 3.55. The van der Waals surface area contributed by atoms with Gasteiger partial charge < -0.3 is 4.79 Å². The van der Waals surface area contributed by atoms with Crippen LogP contribution in [0.15, 0.2) is 41.8 Å². The van der Waals surface area contributed by atoms with Gasteiger partial charge >= 0.3 is 0 Å². The largest absolute Gasteiger partial charge is 0.303 e. The summed E-state index contributed by atoms with van der Waals surface area (Å²) in [7, 11) is 0. The molecule has 0 amide bonds. The van der Waals surface area contributed by atoms with Crippen LogP contribution in [0.1, 0.15) is 16.4 Å². The summed E-state index contributed by atoms with van der Waals surface area (Å²) in [6.45, 7) is 0. The molecule has 0 spiro atoms. The fourth-order valence-corrected chi connectivity index (χ4v) is 2.62. The summed E-state index contributed by atoms with van der Waals surface area (Å²) in [6, 6.07) is 11.6. The van der Waals surface area contributed by atoms with E-state index in [1.165, 1.54) is 0 Å². The van der Waals surface area contributed by atoms with E-state index in [4.69, 9.17) is 11.6 Å². The maximum atomic E-state index is 11.1. The molecule has 1 unspecified atom stereocenters. The van der Waals surface area contributed by atoms with Crippen molar-refractivity contribution in [3.8, 4) is 0 Å². The first-order chi connectivity index (χ1) is 7.81. The van der Waals surface area contributed by atoms with Crippen LogP contribution in [0, 0.1) is 0 Å². The third kappa shape index (κ3) is 2.52. The molecule has 0 bridgehead atoms. The summed E-state index contributed by atoms with van der Waals surface area (Å²) < 4.78 is 0. The Hall–Kier alpha value is -1.12. The SMILES string of the molecule is O=CC(Cc1ccccc1Cl)c1cccs1. The zero-order valence-electron chi connectivity index (χ0n) is 8.60. The molecule has 0 N–H and O–H groups in total. The van der Waals surface area contributed by atoms with Gasteiger partial charge in [0.25, 0.3) is 0 Å². The third-order valence-corrected chi connectivity index (χ3v) is 3.84. The van der Waals surface area contributed by atoms with Gasteiger partial charge in [0, 0.05) is 9.90 Å². The lowest BCUT2D eigenvalue weighted by molar-refractivity contribution is -0.109. The molecule has 1 aromatic carbocycles. The van der Waals surface area contributed by atoms with E-state index in [2.05, 4.69) is 0 Å². The summed E-state index contributed by atoms with van der Waals surface area (Å²) in [5, 5.41) is 2.71. The lowest BCUT2D eigenvalue weighted by atomic mass is 9.99. The van der Waals surface area contributed by atoms with Crippen molar-refractivity contribution in [3.05, 3.63) is 57.2 Å². The van der Waals surface area contributed by atoms with E-state index in [0.717, 1.165) is 21.7 Å². The molecule has 2 rings (SSSR count). The Kier molecular flexibility index (Phi) is 3.75. The molecule has 16 heavy (non-hydrogen) atoms. The molecule has 0 aliphatic carbocycles. The number of halogens is 1. The van der Waals surface area contributed by atoms with Crippen LogP contribution in [0.2, 0.25) is 5.02 Å². The molecule has 1 atom stereocenters. The highest BCUT2D eigenvalue weighted by Crippen LogP contribution is 2.26. The Balaban J connectivity index is 2.20. The van der Waals surface area contributed by atoms with Crippen molar-refractivity contribution < 1.29 is 4.79 Å². The van der Waals surface area contributed by atoms with E-state index in [9.17, 15) is 4.79 Å². The zero-order valence-corrected chi connectivity index (χ0v) is 10.2. The quantitative estimate of drug-likeness (QED) is 0.752. The smallest absolute Gasteiger partial charge is 0.128 e. The van der Waals surface area contributed by atoms with E-state index in [1.54, 1.807) is 11.3 Å². The fraction of sp³-hybridized carbons (Fsp3) is 0.154. The van der Waals surface area contributed by atoms with Crippen molar-refractivity contribution in [1.82, 2.24) is 0 Å². The third-order valence-electron chi connectivity index (χ3n) is 2.47. The van der Waals surface area contributed by atoms with Crippen molar-refractivity contribution >= 4 is 29.2 Å². The van der Waals surface area contributed by atoms with Crippen LogP contribution in [0.4, 0.5) is 0 Å². The Morgan fingerprint density at radius 3 is 2.69 bits per heavy atom. The Labute approximate surface area is 104 Å². The first-order valence-corrected chi connectivity index (χ1v) is 6.29. The first kappa shape index (κ1) is 11.4. The van der Waals surface area contributed by atoms with Gasteiger partial charge in [0.15, 0.2) is 0 Å². The predicted molar refractivity (Wildman–Crippen MR) is 68.3 cm³/mol. The molecule has 1 aromatic heterocycles. The topological polar surface area (TPSA) is 17.1 Å². The lowest BCUT2D eigenvalue weighted by Gasteiger charge is -2.09. The van der Waals surface area contributed by atoms with Crippen LogP contribution in [0.25, 0.3) is 0 Å². The zero-order chi connectivity index (χ0) is 11.4. The van der Waals surface area contributed by atoms with Crippen LogP contribution in [-0.4, -0.2) is 6.29 Å². The number of hydrogen-bond acceptors (Lipinski definition) is 2. The second kappa shape index (κ2) is 5.28. The van der Waals surface area contributed by atoms with Gasteiger partial charge in [-0.05, 0) is 29.5 Å². The van der Waals surface area contributed by atoms with Gasteiger partial charge in [-0.1, -0.05) is 35.9 Å². The molecule has 3 heteroatoms. The highest BCUT2D eigenvalue weighted by Gasteiger charge is 2.13. The highest BCUT2D eigenvalue weighted by atomic mass is 35.5. The number of carbonyl (C=O) groups is 1. The molecule has 0 aliphatic heterocycles. The van der Waals surface area contributed by atoms with E-state index in [-0.39, 0.29) is 5.92 Å². The molecule has 0 fully saturated rings. The molecule has 0 saturated heterocycles. The minimum absolute atomic E-state index is 0.0834. The lowest BCUT2D eigenvalue weighted by Crippen LogP contribution is -2.02. The van der Waals surface area contributed by atoms with E-state index in [0.29, 0.717) is 6.42 Å². The second-order valence-corrected chi connectivity index (χ2v) is 4.94. The molecule has 2 aromatic rings. The molecule has 0 aliphatic rings. The van der Waals surface area contributed by atoms with Crippen LogP contribution in [0.3, 0.4) is 0 Å². The molecular weight excluding hydrogens is 240 g/mol. The summed E-state index contributed by atoms with van der Waals surface area (Å²) in [5.41, 5.74) is 1.02. The molecule has 1 nitrogen and oxygen atoms in total. The number of thiophene rings is 1. The van der Waals surface area contributed by atoms with Gasteiger partial charge in [0.1, 0.15) is 6.29 Å². The van der Waals surface area contributed by atoms with Crippen molar-refractivity contribution in [1.29, 1.82) is 0 Å². The Bertz CT molecular complexity index is 465. The molecule has 82 valence electrons. The van der Waals surface area contributed by atoms with Crippen LogP contribution in [0.5, 0.6) is 0 Å². The van der Waals surface area contributed by atoms with Gasteiger partial charge in [-0.3, -0.25) is 0 Å². The Morgan fingerprint density at radius 2 is 2.06 bits per heavy atom. The number of rotatable bonds is 4. The highest BCUT2D eigenvalue weighted by molar-refractivity contribution is 7.10. The Morgan fingerprint density at radius 1 is 1.25 bits per heavy atom. The first-order valence-electron chi connectivity index (χ1n) is 5.03. The van der Waals surface area contributed by atoms with Gasteiger partial charge in [0.2, 0.25) is 0 Å². The average molecular weight is 251 g/mol. The normalized spacial score (nSPS) is 12.3. The minimum atomic E-state index is -0.0834. The maximum absolute atomic E-state index is 11.1. The maximum Gasteiger partial charge on any atom is 0.128 e. The summed E-state index contributed by atoms with van der Waals surface area (Å²) in [4.78, 5) is 12.2. The van der Waals surface area contributed by atoms with Crippen molar-refractivity contribution in [2.75, 3.05) is 0 Å². The molecular formula is C13H11ClOS. The number of carbonyl (C=O) groups excluding carboxylic acids is 1. The van der Waals surface area contributed by atoms with Crippen molar-refractivity contribution in [2.24, 2.45) is 0 Å². The molecule has 1 heterocycles. The van der Waals surface area contributed by atoms with Crippen molar-refractivity contribution in [3.63, 3.8) is 0 Å². The summed E-state index contributed by atoms with van der Waals surface area (Å²) in [6.07, 6.45) is 1.67. The van der Waals surface area contributed by atoms with Crippen LogP contribution >= 0.6 is 22.9 Å². The standard InChI is InChI=1S/C13H11ClOS/c14-12-5-2-1-4-10(12)8-11(9-15)13-6-3-7-16-13/h1-7,9,11H,8H2. The number of aldehydes is 1. The fourth-order valence-electron chi connectivity index (χ4n) is 1.62. The minimum Gasteiger partial charge on any atom is -0.303 e. The number of hydrogen-bond donors (Lipinski definition) is 0. The monoisotopic (exact) mass is 250 g/mol. The average Bonchev–Trinajstić information content (AvgIpc) is 2.81. The van der Waals surface area contributed by atoms with Gasteiger partial charge in [-0.2, -0.15) is 0 Å². The van der Waals surface area contributed by atoms with Gasteiger partial charge in [-0.15, -0.1) is 11.3 Å².